The summed E-state index contributed by atoms with van der Waals surface area (Å²) in [7, 11) is 0. The molecule has 1 aromatic rings. The number of benzene rings is 1. The molecular formula is C15H20N2O2. The van der Waals surface area contributed by atoms with Gasteiger partial charge in [-0.3, -0.25) is 4.79 Å². The predicted octanol–water partition coefficient (Wildman–Crippen LogP) is 1.37. The Morgan fingerprint density at radius 2 is 2.16 bits per heavy atom. The normalized spacial score (nSPS) is 29.8. The fourth-order valence-corrected chi connectivity index (χ4v) is 2.96. The third kappa shape index (κ3) is 2.10. The van der Waals surface area contributed by atoms with E-state index in [-0.39, 0.29) is 24.0 Å². The molecule has 4 nitrogen and oxygen atoms in total. The molecule has 3 atom stereocenters. The number of ether oxygens (including phenoxy) is 1. The van der Waals surface area contributed by atoms with Crippen molar-refractivity contribution in [2.24, 2.45) is 0 Å². The van der Waals surface area contributed by atoms with Crippen molar-refractivity contribution in [1.29, 1.82) is 0 Å². The Bertz CT molecular complexity index is 489. The number of amides is 1. The average Bonchev–Trinajstić information content (AvgIpc) is 2.77. The molecule has 3 rings (SSSR count). The van der Waals surface area contributed by atoms with Gasteiger partial charge in [0.1, 0.15) is 5.75 Å². The zero-order chi connectivity index (χ0) is 13.4. The first-order valence-corrected chi connectivity index (χ1v) is 6.95. The Kier molecular flexibility index (Phi) is 3.19. The Hall–Kier alpha value is -1.55. The van der Waals surface area contributed by atoms with Crippen LogP contribution < -0.4 is 10.1 Å². The summed E-state index contributed by atoms with van der Waals surface area (Å²) in [5.41, 5.74) is 1.14. The minimum Gasteiger partial charge on any atom is -0.480 e. The second-order valence-corrected chi connectivity index (χ2v) is 5.45. The summed E-state index contributed by atoms with van der Waals surface area (Å²) in [6, 6.07) is 8.18. The molecule has 1 fully saturated rings. The van der Waals surface area contributed by atoms with Gasteiger partial charge in [0.15, 0.2) is 6.10 Å². The van der Waals surface area contributed by atoms with E-state index >= 15 is 0 Å². The molecule has 0 saturated carbocycles. The van der Waals surface area contributed by atoms with Crippen LogP contribution in [-0.4, -0.2) is 42.6 Å². The smallest absolute Gasteiger partial charge is 0.264 e. The average molecular weight is 260 g/mol. The van der Waals surface area contributed by atoms with Crippen molar-refractivity contribution in [3.63, 3.8) is 0 Å². The van der Waals surface area contributed by atoms with Gasteiger partial charge < -0.3 is 15.0 Å². The van der Waals surface area contributed by atoms with E-state index in [4.69, 9.17) is 4.74 Å². The summed E-state index contributed by atoms with van der Waals surface area (Å²) >= 11 is 0. The van der Waals surface area contributed by atoms with Gasteiger partial charge in [0.25, 0.3) is 5.91 Å². The standard InChI is InChI=1S/C15H20N2O2/c1-10-9-16-7-8-17(10)15(18)14-11(2)12-5-3-4-6-13(12)19-14/h3-6,10-11,14,16H,7-9H2,1-2H3/t10-,11-,14-/m1/s1. The van der Waals surface area contributed by atoms with E-state index in [2.05, 4.69) is 25.2 Å². The number of hydrogen-bond acceptors (Lipinski definition) is 3. The van der Waals surface area contributed by atoms with Crippen molar-refractivity contribution >= 4 is 5.91 Å². The molecule has 0 unspecified atom stereocenters. The molecule has 2 heterocycles. The van der Waals surface area contributed by atoms with Crippen molar-refractivity contribution in [2.45, 2.75) is 31.9 Å². The number of rotatable bonds is 1. The fourth-order valence-electron chi connectivity index (χ4n) is 2.96. The first-order valence-electron chi connectivity index (χ1n) is 6.95. The molecular weight excluding hydrogens is 240 g/mol. The van der Waals surface area contributed by atoms with Crippen LogP contribution in [0.3, 0.4) is 0 Å². The Morgan fingerprint density at radius 3 is 2.89 bits per heavy atom. The van der Waals surface area contributed by atoms with Crippen LogP contribution in [0.2, 0.25) is 0 Å². The summed E-state index contributed by atoms with van der Waals surface area (Å²) in [5, 5.41) is 3.30. The third-order valence-electron chi connectivity index (χ3n) is 4.15. The van der Waals surface area contributed by atoms with E-state index in [1.165, 1.54) is 0 Å². The van der Waals surface area contributed by atoms with Crippen LogP contribution >= 0.6 is 0 Å². The highest BCUT2D eigenvalue weighted by molar-refractivity contribution is 5.84. The van der Waals surface area contributed by atoms with Gasteiger partial charge in [0, 0.05) is 37.2 Å². The minimum atomic E-state index is -0.363. The second kappa shape index (κ2) is 4.85. The quantitative estimate of drug-likeness (QED) is 0.829. The lowest BCUT2D eigenvalue weighted by Crippen LogP contribution is -2.55. The van der Waals surface area contributed by atoms with Gasteiger partial charge >= 0.3 is 0 Å². The first kappa shape index (κ1) is 12.5. The van der Waals surface area contributed by atoms with Crippen LogP contribution in [0.15, 0.2) is 24.3 Å². The maximum atomic E-state index is 12.7. The molecule has 19 heavy (non-hydrogen) atoms. The number of nitrogens with one attached hydrogen (secondary N) is 1. The molecule has 2 aliphatic rings. The van der Waals surface area contributed by atoms with E-state index < -0.39 is 0 Å². The molecule has 102 valence electrons. The number of carbonyl (C=O) groups excluding carboxylic acids is 1. The van der Waals surface area contributed by atoms with Crippen molar-refractivity contribution < 1.29 is 9.53 Å². The monoisotopic (exact) mass is 260 g/mol. The highest BCUT2D eigenvalue weighted by Gasteiger charge is 2.39. The van der Waals surface area contributed by atoms with Crippen LogP contribution in [-0.2, 0) is 4.79 Å². The topological polar surface area (TPSA) is 41.6 Å². The maximum Gasteiger partial charge on any atom is 0.264 e. The third-order valence-corrected chi connectivity index (χ3v) is 4.15. The summed E-state index contributed by atoms with van der Waals surface area (Å²) in [6.45, 7) is 6.64. The number of fused-ring (bicyclic) bond motifs is 1. The Labute approximate surface area is 113 Å². The predicted molar refractivity (Wildman–Crippen MR) is 73.3 cm³/mol. The van der Waals surface area contributed by atoms with Crippen molar-refractivity contribution in [3.05, 3.63) is 29.8 Å². The number of hydrogen-bond donors (Lipinski definition) is 1. The van der Waals surface area contributed by atoms with Crippen LogP contribution in [0.1, 0.15) is 25.3 Å². The second-order valence-electron chi connectivity index (χ2n) is 5.45. The van der Waals surface area contributed by atoms with Gasteiger partial charge in [-0.25, -0.2) is 0 Å². The van der Waals surface area contributed by atoms with E-state index in [9.17, 15) is 4.79 Å². The van der Waals surface area contributed by atoms with Gasteiger partial charge in [-0.05, 0) is 13.0 Å². The molecule has 4 heteroatoms. The maximum absolute atomic E-state index is 12.7. The van der Waals surface area contributed by atoms with E-state index in [1.807, 2.05) is 23.1 Å². The molecule has 1 amide bonds. The molecule has 0 bridgehead atoms. The van der Waals surface area contributed by atoms with Gasteiger partial charge in [-0.2, -0.15) is 0 Å². The van der Waals surface area contributed by atoms with Crippen LogP contribution in [0.4, 0.5) is 0 Å². The van der Waals surface area contributed by atoms with Crippen molar-refractivity contribution in [3.8, 4) is 5.75 Å². The highest BCUT2D eigenvalue weighted by Crippen LogP contribution is 2.38. The van der Waals surface area contributed by atoms with Gasteiger partial charge in [-0.1, -0.05) is 25.1 Å². The summed E-state index contributed by atoms with van der Waals surface area (Å²) < 4.78 is 5.87. The Morgan fingerprint density at radius 1 is 1.37 bits per heavy atom. The molecule has 0 aliphatic carbocycles. The first-order chi connectivity index (χ1) is 9.18. The minimum absolute atomic E-state index is 0.123. The van der Waals surface area contributed by atoms with Crippen LogP contribution in [0.25, 0.3) is 0 Å². The zero-order valence-electron chi connectivity index (χ0n) is 11.4. The lowest BCUT2D eigenvalue weighted by molar-refractivity contribution is -0.141. The van der Waals surface area contributed by atoms with Crippen LogP contribution in [0, 0.1) is 0 Å². The molecule has 0 spiro atoms. The van der Waals surface area contributed by atoms with Crippen molar-refractivity contribution in [2.75, 3.05) is 19.6 Å². The van der Waals surface area contributed by atoms with Crippen LogP contribution in [0.5, 0.6) is 5.75 Å². The number of piperazine rings is 1. The number of nitrogens with zero attached hydrogens (tertiary/aromatic N) is 1. The van der Waals surface area contributed by atoms with Gasteiger partial charge in [-0.15, -0.1) is 0 Å². The van der Waals surface area contributed by atoms with Gasteiger partial charge in [0.2, 0.25) is 0 Å². The Balaban J connectivity index is 1.79. The van der Waals surface area contributed by atoms with Crippen molar-refractivity contribution in [1.82, 2.24) is 10.2 Å². The summed E-state index contributed by atoms with van der Waals surface area (Å²) in [6.07, 6.45) is -0.363. The molecule has 1 aromatic carbocycles. The molecule has 2 aliphatic heterocycles. The summed E-state index contributed by atoms with van der Waals surface area (Å²) in [5.74, 6) is 1.11. The zero-order valence-corrected chi connectivity index (χ0v) is 11.4. The highest BCUT2D eigenvalue weighted by atomic mass is 16.5. The van der Waals surface area contributed by atoms with Gasteiger partial charge in [0.05, 0.1) is 0 Å². The van der Waals surface area contributed by atoms with E-state index in [0.29, 0.717) is 0 Å². The fraction of sp³-hybridized carbons (Fsp3) is 0.533. The summed E-state index contributed by atoms with van der Waals surface area (Å²) in [4.78, 5) is 14.6. The molecule has 1 saturated heterocycles. The molecule has 0 radical (unpaired) electrons. The number of para-hydroxylation sites is 1. The van der Waals surface area contributed by atoms with E-state index in [0.717, 1.165) is 30.9 Å². The molecule has 0 aromatic heterocycles. The molecule has 1 N–H and O–H groups in total. The number of carbonyl (C=O) groups is 1. The lowest BCUT2D eigenvalue weighted by atomic mass is 9.96. The van der Waals surface area contributed by atoms with E-state index in [1.54, 1.807) is 0 Å². The SMILES string of the molecule is C[C@@H]1c2ccccc2O[C@H]1C(=O)N1CCNC[C@H]1C. The lowest BCUT2D eigenvalue weighted by Gasteiger charge is -2.36. The largest absolute Gasteiger partial charge is 0.480 e.